The Labute approximate surface area is 111 Å². The summed E-state index contributed by atoms with van der Waals surface area (Å²) in [6.07, 6.45) is 0.137. The molecule has 7 nitrogen and oxygen atoms in total. The molecule has 0 bridgehead atoms. The number of hydrogen-bond acceptors (Lipinski definition) is 4. The summed E-state index contributed by atoms with van der Waals surface area (Å²) in [5, 5.41) is 18.1. The van der Waals surface area contributed by atoms with Crippen LogP contribution in [0.4, 0.5) is 0 Å². The van der Waals surface area contributed by atoms with Gasteiger partial charge < -0.3 is 19.8 Å². The molecule has 0 radical (unpaired) electrons. The standard InChI is InChI=1S/C12H19NO6/c1-12(2,19-3)11(18)13-5-4-7(9(14)15)8(6-13)10(16)17/h7-8H,4-6H2,1-3H3,(H,14,15)(H,16,17). The molecule has 1 aliphatic rings. The molecule has 19 heavy (non-hydrogen) atoms. The van der Waals surface area contributed by atoms with Crippen molar-refractivity contribution in [1.29, 1.82) is 0 Å². The van der Waals surface area contributed by atoms with Crippen molar-refractivity contribution in [2.24, 2.45) is 11.8 Å². The number of aliphatic carboxylic acids is 2. The van der Waals surface area contributed by atoms with Gasteiger partial charge in [-0.3, -0.25) is 14.4 Å². The Bertz CT molecular complexity index is 392. The minimum absolute atomic E-state index is 0.0993. The molecule has 1 saturated heterocycles. The summed E-state index contributed by atoms with van der Waals surface area (Å²) >= 11 is 0. The number of amides is 1. The van der Waals surface area contributed by atoms with Crippen molar-refractivity contribution in [2.75, 3.05) is 20.2 Å². The molecule has 1 fully saturated rings. The van der Waals surface area contributed by atoms with E-state index in [0.717, 1.165) is 0 Å². The van der Waals surface area contributed by atoms with Gasteiger partial charge in [0.05, 0.1) is 11.8 Å². The van der Waals surface area contributed by atoms with Gasteiger partial charge >= 0.3 is 11.9 Å². The van der Waals surface area contributed by atoms with Crippen molar-refractivity contribution in [1.82, 2.24) is 4.90 Å². The maximum absolute atomic E-state index is 12.2. The topological polar surface area (TPSA) is 104 Å². The highest BCUT2D eigenvalue weighted by atomic mass is 16.5. The SMILES string of the molecule is COC(C)(C)C(=O)N1CCC(C(=O)O)C(C(=O)O)C1. The highest BCUT2D eigenvalue weighted by Crippen LogP contribution is 2.26. The van der Waals surface area contributed by atoms with E-state index in [2.05, 4.69) is 0 Å². The lowest BCUT2D eigenvalue weighted by Crippen LogP contribution is -2.54. The van der Waals surface area contributed by atoms with E-state index in [1.54, 1.807) is 13.8 Å². The Hall–Kier alpha value is -1.63. The molecular weight excluding hydrogens is 254 g/mol. The molecule has 0 spiro atoms. The molecule has 2 unspecified atom stereocenters. The highest BCUT2D eigenvalue weighted by Gasteiger charge is 2.42. The van der Waals surface area contributed by atoms with Crippen LogP contribution in [0.1, 0.15) is 20.3 Å². The Morgan fingerprint density at radius 3 is 2.11 bits per heavy atom. The van der Waals surface area contributed by atoms with Crippen molar-refractivity contribution in [3.8, 4) is 0 Å². The third-order valence-electron chi connectivity index (χ3n) is 3.56. The smallest absolute Gasteiger partial charge is 0.309 e. The molecule has 2 N–H and O–H groups in total. The van der Waals surface area contributed by atoms with Crippen LogP contribution in [-0.4, -0.2) is 58.8 Å². The van der Waals surface area contributed by atoms with Crippen LogP contribution in [0.3, 0.4) is 0 Å². The van der Waals surface area contributed by atoms with Crippen LogP contribution in [0, 0.1) is 11.8 Å². The van der Waals surface area contributed by atoms with Crippen molar-refractivity contribution < 1.29 is 29.3 Å². The Morgan fingerprint density at radius 1 is 1.16 bits per heavy atom. The molecule has 0 saturated carbocycles. The number of carbonyl (C=O) groups excluding carboxylic acids is 1. The van der Waals surface area contributed by atoms with Gasteiger partial charge in [0.15, 0.2) is 0 Å². The normalized spacial score (nSPS) is 24.1. The van der Waals surface area contributed by atoms with Crippen LogP contribution >= 0.6 is 0 Å². The fourth-order valence-corrected chi connectivity index (χ4v) is 2.15. The Morgan fingerprint density at radius 2 is 1.68 bits per heavy atom. The number of carboxylic acid groups (broad SMARTS) is 2. The first-order valence-electron chi connectivity index (χ1n) is 6.01. The molecule has 0 aromatic rings. The van der Waals surface area contributed by atoms with Crippen LogP contribution in [0.25, 0.3) is 0 Å². The van der Waals surface area contributed by atoms with Gasteiger partial charge in [0.2, 0.25) is 0 Å². The monoisotopic (exact) mass is 273 g/mol. The van der Waals surface area contributed by atoms with Gasteiger partial charge in [-0.25, -0.2) is 0 Å². The number of ether oxygens (including phenoxy) is 1. The minimum atomic E-state index is -1.19. The van der Waals surface area contributed by atoms with Crippen LogP contribution in [-0.2, 0) is 19.1 Å². The van der Waals surface area contributed by atoms with Gasteiger partial charge in [0.25, 0.3) is 5.91 Å². The number of carboxylic acids is 2. The zero-order valence-corrected chi connectivity index (χ0v) is 11.3. The minimum Gasteiger partial charge on any atom is -0.481 e. The van der Waals surface area contributed by atoms with Crippen molar-refractivity contribution in [2.45, 2.75) is 25.9 Å². The van der Waals surface area contributed by atoms with E-state index in [4.69, 9.17) is 14.9 Å². The number of nitrogens with zero attached hydrogens (tertiary/aromatic N) is 1. The van der Waals surface area contributed by atoms with Crippen LogP contribution in [0.15, 0.2) is 0 Å². The lowest BCUT2D eigenvalue weighted by molar-refractivity contribution is -0.164. The predicted octanol–water partition coefficient (Wildman–Crippen LogP) is 0.0453. The molecule has 1 rings (SSSR count). The van der Waals surface area contributed by atoms with Crippen LogP contribution < -0.4 is 0 Å². The van der Waals surface area contributed by atoms with Crippen LogP contribution in [0.5, 0.6) is 0 Å². The number of carbonyl (C=O) groups is 3. The van der Waals surface area contributed by atoms with E-state index in [9.17, 15) is 14.4 Å². The fourth-order valence-electron chi connectivity index (χ4n) is 2.15. The zero-order chi connectivity index (χ0) is 14.8. The zero-order valence-electron chi connectivity index (χ0n) is 11.3. The second-order valence-electron chi connectivity index (χ2n) is 5.14. The summed E-state index contributed by atoms with van der Waals surface area (Å²) < 4.78 is 5.07. The third kappa shape index (κ3) is 3.23. The fraction of sp³-hybridized carbons (Fsp3) is 0.750. The molecule has 1 heterocycles. The molecule has 1 amide bonds. The second kappa shape index (κ2) is 5.56. The summed E-state index contributed by atoms with van der Waals surface area (Å²) in [4.78, 5) is 35.7. The van der Waals surface area contributed by atoms with E-state index < -0.39 is 29.4 Å². The number of hydrogen-bond donors (Lipinski definition) is 2. The predicted molar refractivity (Wildman–Crippen MR) is 64.5 cm³/mol. The Kier molecular flexibility index (Phi) is 4.52. The van der Waals surface area contributed by atoms with E-state index >= 15 is 0 Å². The molecule has 0 aromatic carbocycles. The molecule has 7 heteroatoms. The van der Waals surface area contributed by atoms with E-state index in [1.165, 1.54) is 12.0 Å². The largest absolute Gasteiger partial charge is 0.481 e. The van der Waals surface area contributed by atoms with E-state index in [0.29, 0.717) is 0 Å². The van der Waals surface area contributed by atoms with Crippen molar-refractivity contribution in [3.05, 3.63) is 0 Å². The summed E-state index contributed by atoms with van der Waals surface area (Å²) in [7, 11) is 1.40. The van der Waals surface area contributed by atoms with Gasteiger partial charge in [-0.15, -0.1) is 0 Å². The molecule has 0 aliphatic carbocycles. The van der Waals surface area contributed by atoms with Gasteiger partial charge in [-0.2, -0.15) is 0 Å². The highest BCUT2D eigenvalue weighted by molar-refractivity contribution is 5.86. The number of piperidine rings is 1. The first-order valence-corrected chi connectivity index (χ1v) is 6.01. The van der Waals surface area contributed by atoms with Crippen LogP contribution in [0.2, 0.25) is 0 Å². The number of methoxy groups -OCH3 is 1. The third-order valence-corrected chi connectivity index (χ3v) is 3.56. The molecule has 0 aromatic heterocycles. The van der Waals surface area contributed by atoms with Gasteiger partial charge in [0, 0.05) is 20.2 Å². The average molecular weight is 273 g/mol. The maximum atomic E-state index is 12.2. The first-order chi connectivity index (χ1) is 8.70. The van der Waals surface area contributed by atoms with Crippen molar-refractivity contribution in [3.63, 3.8) is 0 Å². The quantitative estimate of drug-likeness (QED) is 0.749. The summed E-state index contributed by atoms with van der Waals surface area (Å²) in [6.45, 7) is 3.31. The lowest BCUT2D eigenvalue weighted by Gasteiger charge is -2.38. The molecule has 2 atom stereocenters. The lowest BCUT2D eigenvalue weighted by atomic mass is 9.85. The number of likely N-dealkylation sites (tertiary alicyclic amines) is 1. The summed E-state index contributed by atoms with van der Waals surface area (Å²) in [5.74, 6) is -4.69. The second-order valence-corrected chi connectivity index (χ2v) is 5.14. The number of rotatable bonds is 4. The molecular formula is C12H19NO6. The molecule has 1 aliphatic heterocycles. The first kappa shape index (κ1) is 15.4. The summed E-state index contributed by atoms with van der Waals surface area (Å²) in [5.41, 5.74) is -1.04. The summed E-state index contributed by atoms with van der Waals surface area (Å²) in [6, 6.07) is 0. The maximum Gasteiger partial charge on any atom is 0.309 e. The Balaban J connectivity index is 2.86. The van der Waals surface area contributed by atoms with Gasteiger partial charge in [0.1, 0.15) is 5.60 Å². The van der Waals surface area contributed by atoms with E-state index in [1.807, 2.05) is 0 Å². The van der Waals surface area contributed by atoms with Gasteiger partial charge in [-0.1, -0.05) is 0 Å². The van der Waals surface area contributed by atoms with Gasteiger partial charge in [-0.05, 0) is 20.3 Å². The average Bonchev–Trinajstić information content (AvgIpc) is 2.36. The van der Waals surface area contributed by atoms with Crippen molar-refractivity contribution >= 4 is 17.8 Å². The molecule has 108 valence electrons. The van der Waals surface area contributed by atoms with E-state index in [-0.39, 0.29) is 25.4 Å².